The topological polar surface area (TPSA) is 58.9 Å². The highest BCUT2D eigenvalue weighted by Crippen LogP contribution is 2.78. The summed E-state index contributed by atoms with van der Waals surface area (Å²) in [5.74, 6) is 1.83. The highest BCUT2D eigenvalue weighted by molar-refractivity contribution is 5.63. The number of hydrogen-bond acceptors (Lipinski definition) is 4. The van der Waals surface area contributed by atoms with Gasteiger partial charge in [-0.05, 0) is 56.1 Å². The van der Waals surface area contributed by atoms with E-state index in [-0.39, 0.29) is 34.0 Å². The van der Waals surface area contributed by atoms with Gasteiger partial charge in [-0.25, -0.2) is 0 Å². The van der Waals surface area contributed by atoms with Crippen LogP contribution in [0.5, 0.6) is 11.5 Å². The lowest BCUT2D eigenvalue weighted by Crippen LogP contribution is -2.85. The first-order chi connectivity index (χ1) is 16.4. The van der Waals surface area contributed by atoms with Crippen molar-refractivity contribution in [2.45, 2.75) is 101 Å². The van der Waals surface area contributed by atoms with Crippen LogP contribution in [-0.2, 0) is 16.6 Å². The van der Waals surface area contributed by atoms with E-state index in [1.807, 2.05) is 20.1 Å². The number of quaternary nitrogens is 1. The van der Waals surface area contributed by atoms with Crippen LogP contribution < -0.4 is 4.74 Å². The molecule has 2 aliphatic heterocycles. The standard InChI is InChI=1S/C30H43NO4/c1-26(2,3)27(4,33)21-16-28-11-12-30(21,34-6)25-29(28)13-14-31(5,17-18-7-8-18)22(28)15-19-9-10-20(32)24(35-25)23(19)29/h9-10,18,21-22,25,33H,7-8,11-17H2,1-6H3/p+1/t21-,22-,25-,27?,28-,29+,30?,31+/m0/s1. The van der Waals surface area contributed by atoms with Crippen molar-refractivity contribution >= 4 is 0 Å². The molecule has 2 spiro atoms. The van der Waals surface area contributed by atoms with E-state index in [9.17, 15) is 10.2 Å². The van der Waals surface area contributed by atoms with Gasteiger partial charge in [0.1, 0.15) is 11.7 Å². The molecule has 5 fully saturated rings. The van der Waals surface area contributed by atoms with Gasteiger partial charge in [0.05, 0.1) is 37.2 Å². The Labute approximate surface area is 210 Å². The van der Waals surface area contributed by atoms with Crippen molar-refractivity contribution in [2.75, 3.05) is 27.2 Å². The third-order valence-corrected chi connectivity index (χ3v) is 12.6. The summed E-state index contributed by atoms with van der Waals surface area (Å²) in [6, 6.07) is 4.55. The number of likely N-dealkylation sites (tertiary alicyclic amines) is 1. The number of aromatic hydroxyl groups is 1. The van der Waals surface area contributed by atoms with E-state index in [4.69, 9.17) is 9.47 Å². The predicted octanol–water partition coefficient (Wildman–Crippen LogP) is 4.56. The SMILES string of the molecule is COC12CC[C@]3(C[C@H]1C(C)(O)C(C)(C)C)[C@@H]1Cc4ccc(O)c5c4[C@]3(CC[N@+]1(C)CC1CC1)[C@@H]2O5. The Morgan fingerprint density at radius 1 is 1.14 bits per heavy atom. The van der Waals surface area contributed by atoms with E-state index in [1.54, 1.807) is 0 Å². The van der Waals surface area contributed by atoms with Crippen LogP contribution in [-0.4, -0.2) is 65.3 Å². The van der Waals surface area contributed by atoms with Gasteiger partial charge in [0, 0.05) is 42.8 Å². The predicted molar refractivity (Wildman–Crippen MR) is 135 cm³/mol. The van der Waals surface area contributed by atoms with Gasteiger partial charge in [-0.15, -0.1) is 0 Å². The van der Waals surface area contributed by atoms with E-state index in [0.717, 1.165) is 49.0 Å². The molecule has 5 aliphatic carbocycles. The molecule has 8 rings (SSSR count). The molecule has 4 bridgehead atoms. The van der Waals surface area contributed by atoms with Crippen LogP contribution in [0.25, 0.3) is 0 Å². The number of aliphatic hydroxyl groups is 1. The van der Waals surface area contributed by atoms with Crippen molar-refractivity contribution in [2.24, 2.45) is 22.7 Å². The van der Waals surface area contributed by atoms with Gasteiger partial charge >= 0.3 is 0 Å². The number of ether oxygens (including phenoxy) is 2. The minimum atomic E-state index is -0.910. The second kappa shape index (κ2) is 6.39. The van der Waals surface area contributed by atoms with Crippen LogP contribution in [0, 0.1) is 22.7 Å². The van der Waals surface area contributed by atoms with Crippen molar-refractivity contribution in [3.63, 3.8) is 0 Å². The fourth-order valence-corrected chi connectivity index (χ4v) is 10.3. The zero-order chi connectivity index (χ0) is 24.8. The molecule has 2 heterocycles. The number of phenols is 1. The molecule has 0 amide bonds. The Bertz CT molecular complexity index is 1100. The maximum absolute atomic E-state index is 12.3. The Balaban J connectivity index is 1.50. The molecule has 7 aliphatic rings. The average Bonchev–Trinajstić information content (AvgIpc) is 3.52. The third-order valence-electron chi connectivity index (χ3n) is 12.6. The Morgan fingerprint density at radius 3 is 2.54 bits per heavy atom. The number of phenolic OH excluding ortho intramolecular Hbond substituents is 1. The molecule has 8 atom stereocenters. The number of nitrogens with zero attached hydrogens (tertiary/aromatic N) is 1. The monoisotopic (exact) mass is 482 g/mol. The molecule has 35 heavy (non-hydrogen) atoms. The summed E-state index contributed by atoms with van der Waals surface area (Å²) < 4.78 is 14.7. The summed E-state index contributed by atoms with van der Waals surface area (Å²) in [6.07, 6.45) is 7.74. The minimum Gasteiger partial charge on any atom is -0.504 e. The average molecular weight is 483 g/mol. The summed E-state index contributed by atoms with van der Waals surface area (Å²) in [4.78, 5) is 0. The molecular weight excluding hydrogens is 438 g/mol. The van der Waals surface area contributed by atoms with Crippen LogP contribution >= 0.6 is 0 Å². The number of fused-ring (bicyclic) bond motifs is 2. The van der Waals surface area contributed by atoms with E-state index in [2.05, 4.69) is 33.9 Å². The lowest BCUT2D eigenvalue weighted by Gasteiger charge is -2.75. The van der Waals surface area contributed by atoms with E-state index < -0.39 is 11.2 Å². The van der Waals surface area contributed by atoms with Gasteiger partial charge in [0.2, 0.25) is 0 Å². The molecule has 2 N–H and O–H groups in total. The third kappa shape index (κ3) is 2.38. The molecule has 192 valence electrons. The summed E-state index contributed by atoms with van der Waals surface area (Å²) in [5.41, 5.74) is 0.817. The molecule has 0 aromatic heterocycles. The number of benzene rings is 1. The Morgan fingerprint density at radius 2 is 1.89 bits per heavy atom. The highest BCUT2D eigenvalue weighted by atomic mass is 16.6. The van der Waals surface area contributed by atoms with E-state index in [1.165, 1.54) is 30.5 Å². The second-order valence-corrected chi connectivity index (χ2v) is 14.7. The lowest BCUT2D eigenvalue weighted by molar-refractivity contribution is -0.952. The second-order valence-electron chi connectivity index (χ2n) is 14.7. The molecule has 5 nitrogen and oxygen atoms in total. The summed E-state index contributed by atoms with van der Waals surface area (Å²) in [6.45, 7) is 11.0. The number of methoxy groups -OCH3 is 1. The number of rotatable bonds is 4. The van der Waals surface area contributed by atoms with Crippen LogP contribution in [0.3, 0.4) is 0 Å². The number of hydrogen-bond donors (Lipinski definition) is 2. The van der Waals surface area contributed by atoms with Crippen molar-refractivity contribution in [1.82, 2.24) is 0 Å². The largest absolute Gasteiger partial charge is 0.504 e. The lowest BCUT2D eigenvalue weighted by atomic mass is 9.33. The van der Waals surface area contributed by atoms with Crippen molar-refractivity contribution in [1.29, 1.82) is 0 Å². The van der Waals surface area contributed by atoms with Gasteiger partial charge in [0.25, 0.3) is 0 Å². The molecule has 1 aromatic carbocycles. The first kappa shape index (κ1) is 22.9. The van der Waals surface area contributed by atoms with E-state index in [0.29, 0.717) is 11.8 Å². The molecule has 2 unspecified atom stereocenters. The van der Waals surface area contributed by atoms with Crippen LogP contribution in [0.1, 0.15) is 77.3 Å². The van der Waals surface area contributed by atoms with Gasteiger partial charge in [-0.2, -0.15) is 0 Å². The molecular formula is C30H44NO4+. The molecule has 5 heteroatoms. The first-order valence-electron chi connectivity index (χ1n) is 14.0. The van der Waals surface area contributed by atoms with Gasteiger partial charge in [0.15, 0.2) is 11.5 Å². The minimum absolute atomic E-state index is 0.0279. The summed E-state index contributed by atoms with van der Waals surface area (Å²) in [7, 11) is 4.37. The zero-order valence-electron chi connectivity index (χ0n) is 22.5. The fourth-order valence-electron chi connectivity index (χ4n) is 10.3. The van der Waals surface area contributed by atoms with Crippen LogP contribution in [0.2, 0.25) is 0 Å². The summed E-state index contributed by atoms with van der Waals surface area (Å²) in [5, 5.41) is 23.3. The first-order valence-corrected chi connectivity index (χ1v) is 14.0. The van der Waals surface area contributed by atoms with Crippen molar-refractivity contribution in [3.8, 4) is 11.5 Å². The maximum atomic E-state index is 12.3. The van der Waals surface area contributed by atoms with Crippen molar-refractivity contribution < 1.29 is 24.2 Å². The molecule has 0 radical (unpaired) electrons. The zero-order valence-corrected chi connectivity index (χ0v) is 22.5. The summed E-state index contributed by atoms with van der Waals surface area (Å²) >= 11 is 0. The van der Waals surface area contributed by atoms with E-state index >= 15 is 0 Å². The maximum Gasteiger partial charge on any atom is 0.165 e. The van der Waals surface area contributed by atoms with Gasteiger partial charge in [-0.3, -0.25) is 0 Å². The number of likely N-dealkylation sites (N-methyl/N-ethyl adjacent to an activating group) is 1. The smallest absolute Gasteiger partial charge is 0.165 e. The van der Waals surface area contributed by atoms with Gasteiger partial charge in [-0.1, -0.05) is 26.8 Å². The molecule has 4 saturated carbocycles. The normalized spacial score (nSPS) is 46.7. The Hall–Kier alpha value is -1.30. The molecule has 1 aromatic rings. The fraction of sp³-hybridized carbons (Fsp3) is 0.800. The van der Waals surface area contributed by atoms with Gasteiger partial charge < -0.3 is 24.2 Å². The quantitative estimate of drug-likeness (QED) is 0.618. The van der Waals surface area contributed by atoms with Crippen LogP contribution in [0.4, 0.5) is 0 Å². The van der Waals surface area contributed by atoms with Crippen LogP contribution in [0.15, 0.2) is 12.1 Å². The molecule has 1 saturated heterocycles. The Kier molecular flexibility index (Phi) is 4.18. The van der Waals surface area contributed by atoms with Crippen molar-refractivity contribution in [3.05, 3.63) is 23.3 Å². The highest BCUT2D eigenvalue weighted by Gasteiger charge is 2.84. The number of piperidine rings is 1.